The standard InChI is InChI=1S/C14H19N3O2S2/c1-3-11(14-15-9-10-20-14)17-12-7-5-6-8-13(12)21(18,19)16-4-2/h5-11,16-17H,3-4H2,1-2H3. The fourth-order valence-electron chi connectivity index (χ4n) is 2.02. The number of thiazole rings is 1. The SMILES string of the molecule is CCNS(=O)(=O)c1ccccc1NC(CC)c1nccs1. The van der Waals surface area contributed by atoms with E-state index in [9.17, 15) is 8.42 Å². The van der Waals surface area contributed by atoms with E-state index in [1.54, 1.807) is 42.7 Å². The number of nitrogens with one attached hydrogen (secondary N) is 2. The highest BCUT2D eigenvalue weighted by Crippen LogP contribution is 2.28. The first-order valence-electron chi connectivity index (χ1n) is 6.83. The van der Waals surface area contributed by atoms with Crippen LogP contribution in [0.15, 0.2) is 40.7 Å². The molecule has 0 saturated heterocycles. The number of rotatable bonds is 7. The molecule has 114 valence electrons. The first kappa shape index (κ1) is 15.9. The number of benzene rings is 1. The number of anilines is 1. The van der Waals surface area contributed by atoms with E-state index < -0.39 is 10.0 Å². The molecule has 0 radical (unpaired) electrons. The van der Waals surface area contributed by atoms with Gasteiger partial charge in [0, 0.05) is 18.1 Å². The average Bonchev–Trinajstić information content (AvgIpc) is 2.99. The Hall–Kier alpha value is -1.44. The number of aromatic nitrogens is 1. The molecule has 0 fully saturated rings. The molecule has 2 rings (SSSR count). The average molecular weight is 325 g/mol. The Morgan fingerprint density at radius 1 is 1.29 bits per heavy atom. The predicted molar refractivity (Wildman–Crippen MR) is 86.1 cm³/mol. The van der Waals surface area contributed by atoms with Crippen molar-refractivity contribution in [3.63, 3.8) is 0 Å². The fraction of sp³-hybridized carbons (Fsp3) is 0.357. The van der Waals surface area contributed by atoms with E-state index in [2.05, 4.69) is 15.0 Å². The van der Waals surface area contributed by atoms with Gasteiger partial charge in [0.1, 0.15) is 9.90 Å². The van der Waals surface area contributed by atoms with Gasteiger partial charge in [-0.1, -0.05) is 26.0 Å². The third kappa shape index (κ3) is 3.81. The zero-order valence-electron chi connectivity index (χ0n) is 12.0. The summed E-state index contributed by atoms with van der Waals surface area (Å²) in [6.45, 7) is 4.17. The summed E-state index contributed by atoms with van der Waals surface area (Å²) in [5, 5.41) is 6.16. The van der Waals surface area contributed by atoms with E-state index in [-0.39, 0.29) is 10.9 Å². The highest BCUT2D eigenvalue weighted by molar-refractivity contribution is 7.89. The van der Waals surface area contributed by atoms with Gasteiger partial charge in [-0.15, -0.1) is 11.3 Å². The first-order valence-corrected chi connectivity index (χ1v) is 9.19. The minimum absolute atomic E-state index is 0.00276. The maximum atomic E-state index is 12.2. The summed E-state index contributed by atoms with van der Waals surface area (Å²) in [5.41, 5.74) is 0.598. The third-order valence-electron chi connectivity index (χ3n) is 3.00. The van der Waals surface area contributed by atoms with E-state index in [4.69, 9.17) is 0 Å². The van der Waals surface area contributed by atoms with E-state index >= 15 is 0 Å². The molecule has 1 unspecified atom stereocenters. The molecule has 1 aromatic heterocycles. The fourth-order valence-corrected chi connectivity index (χ4v) is 4.00. The van der Waals surface area contributed by atoms with Crippen LogP contribution in [0.25, 0.3) is 0 Å². The summed E-state index contributed by atoms with van der Waals surface area (Å²) in [4.78, 5) is 4.57. The summed E-state index contributed by atoms with van der Waals surface area (Å²) in [6, 6.07) is 6.93. The summed E-state index contributed by atoms with van der Waals surface area (Å²) in [7, 11) is -3.49. The molecule has 0 aliphatic carbocycles. The van der Waals surface area contributed by atoms with E-state index in [0.29, 0.717) is 12.2 Å². The Morgan fingerprint density at radius 3 is 2.67 bits per heavy atom. The summed E-state index contributed by atoms with van der Waals surface area (Å²) < 4.78 is 27.0. The molecule has 5 nitrogen and oxygen atoms in total. The molecule has 0 bridgehead atoms. The van der Waals surface area contributed by atoms with Crippen LogP contribution in [-0.4, -0.2) is 19.9 Å². The van der Waals surface area contributed by atoms with Crippen molar-refractivity contribution < 1.29 is 8.42 Å². The van der Waals surface area contributed by atoms with Crippen molar-refractivity contribution in [1.82, 2.24) is 9.71 Å². The number of para-hydroxylation sites is 1. The summed E-state index contributed by atoms with van der Waals surface area (Å²) >= 11 is 1.56. The number of hydrogen-bond acceptors (Lipinski definition) is 5. The molecule has 0 aliphatic heterocycles. The van der Waals surface area contributed by atoms with E-state index in [1.165, 1.54) is 0 Å². The van der Waals surface area contributed by atoms with Gasteiger partial charge in [0.15, 0.2) is 0 Å². The van der Waals surface area contributed by atoms with Crippen molar-refractivity contribution >= 4 is 27.0 Å². The zero-order valence-corrected chi connectivity index (χ0v) is 13.7. The number of sulfonamides is 1. The largest absolute Gasteiger partial charge is 0.375 e. The number of hydrogen-bond donors (Lipinski definition) is 2. The molecular formula is C14H19N3O2S2. The molecule has 7 heteroatoms. The topological polar surface area (TPSA) is 71.1 Å². The van der Waals surface area contributed by atoms with Crippen LogP contribution in [0.3, 0.4) is 0 Å². The predicted octanol–water partition coefficient (Wildman–Crippen LogP) is 3.00. The molecule has 0 saturated carbocycles. The molecule has 0 spiro atoms. The Labute approximate surface area is 129 Å². The molecular weight excluding hydrogens is 306 g/mol. The van der Waals surface area contributed by atoms with Crippen molar-refractivity contribution in [2.45, 2.75) is 31.2 Å². The van der Waals surface area contributed by atoms with Crippen molar-refractivity contribution in [2.75, 3.05) is 11.9 Å². The van der Waals surface area contributed by atoms with Crippen LogP contribution >= 0.6 is 11.3 Å². The lowest BCUT2D eigenvalue weighted by Crippen LogP contribution is -2.24. The van der Waals surface area contributed by atoms with Crippen LogP contribution in [0.1, 0.15) is 31.3 Å². The van der Waals surface area contributed by atoms with Gasteiger partial charge in [-0.2, -0.15) is 0 Å². The summed E-state index contributed by atoms with van der Waals surface area (Å²) in [6.07, 6.45) is 2.58. The minimum atomic E-state index is -3.49. The lowest BCUT2D eigenvalue weighted by atomic mass is 10.2. The highest BCUT2D eigenvalue weighted by atomic mass is 32.2. The second-order valence-electron chi connectivity index (χ2n) is 4.47. The Balaban J connectivity index is 2.32. The maximum Gasteiger partial charge on any atom is 0.242 e. The van der Waals surface area contributed by atoms with Crippen molar-refractivity contribution in [3.05, 3.63) is 40.8 Å². The second-order valence-corrected chi connectivity index (χ2v) is 7.13. The molecule has 1 aromatic carbocycles. The van der Waals surface area contributed by atoms with Crippen LogP contribution in [0, 0.1) is 0 Å². The third-order valence-corrected chi connectivity index (χ3v) is 5.49. The quantitative estimate of drug-likeness (QED) is 0.821. The van der Waals surface area contributed by atoms with Crippen molar-refractivity contribution in [2.24, 2.45) is 0 Å². The molecule has 0 amide bonds. The van der Waals surface area contributed by atoms with Crippen LogP contribution in [0.2, 0.25) is 0 Å². The smallest absolute Gasteiger partial charge is 0.242 e. The van der Waals surface area contributed by atoms with Crippen LogP contribution < -0.4 is 10.0 Å². The molecule has 1 atom stereocenters. The number of nitrogens with zero attached hydrogens (tertiary/aromatic N) is 1. The van der Waals surface area contributed by atoms with Gasteiger partial charge in [0.25, 0.3) is 0 Å². The Morgan fingerprint density at radius 2 is 2.05 bits per heavy atom. The van der Waals surface area contributed by atoms with Gasteiger partial charge in [-0.25, -0.2) is 18.1 Å². The molecule has 0 aliphatic rings. The molecule has 21 heavy (non-hydrogen) atoms. The van der Waals surface area contributed by atoms with Gasteiger partial charge in [0.2, 0.25) is 10.0 Å². The summed E-state index contributed by atoms with van der Waals surface area (Å²) in [5.74, 6) is 0. The zero-order chi connectivity index (χ0) is 15.3. The van der Waals surface area contributed by atoms with E-state index in [0.717, 1.165) is 11.4 Å². The monoisotopic (exact) mass is 325 g/mol. The normalized spacial score (nSPS) is 13.0. The highest BCUT2D eigenvalue weighted by Gasteiger charge is 2.20. The lowest BCUT2D eigenvalue weighted by Gasteiger charge is -2.18. The van der Waals surface area contributed by atoms with Crippen LogP contribution in [0.5, 0.6) is 0 Å². The molecule has 2 N–H and O–H groups in total. The molecule has 2 aromatic rings. The van der Waals surface area contributed by atoms with E-state index in [1.807, 2.05) is 18.4 Å². The van der Waals surface area contributed by atoms with Crippen LogP contribution in [-0.2, 0) is 10.0 Å². The second kappa shape index (κ2) is 7.02. The van der Waals surface area contributed by atoms with Gasteiger partial charge < -0.3 is 5.32 Å². The maximum absolute atomic E-state index is 12.2. The minimum Gasteiger partial charge on any atom is -0.375 e. The first-order chi connectivity index (χ1) is 10.1. The van der Waals surface area contributed by atoms with Gasteiger partial charge in [-0.3, -0.25) is 0 Å². The Bertz CT molecular complexity index is 669. The Kier molecular flexibility index (Phi) is 5.33. The van der Waals surface area contributed by atoms with Gasteiger partial charge >= 0.3 is 0 Å². The van der Waals surface area contributed by atoms with Crippen LogP contribution in [0.4, 0.5) is 5.69 Å². The lowest BCUT2D eigenvalue weighted by molar-refractivity contribution is 0.584. The van der Waals surface area contributed by atoms with Gasteiger partial charge in [0.05, 0.1) is 11.7 Å². The van der Waals surface area contributed by atoms with Crippen molar-refractivity contribution in [3.8, 4) is 0 Å². The van der Waals surface area contributed by atoms with Gasteiger partial charge in [-0.05, 0) is 18.6 Å². The van der Waals surface area contributed by atoms with Crippen molar-refractivity contribution in [1.29, 1.82) is 0 Å². The molecule has 1 heterocycles.